The van der Waals surface area contributed by atoms with E-state index >= 15 is 0 Å². The van der Waals surface area contributed by atoms with Crippen LogP contribution in [0.1, 0.15) is 62.3 Å². The summed E-state index contributed by atoms with van der Waals surface area (Å²) in [4.78, 5) is 42.2. The van der Waals surface area contributed by atoms with Gasteiger partial charge in [-0.15, -0.1) is 9.89 Å². The number of ether oxygens (including phenoxy) is 3. The SMILES string of the molecule is CC(C)(C)OC(=O)/N=C(/N(C(=O)OC(C)(C)C)C(=O)OC(C)(C)C)n1cccn1. The summed E-state index contributed by atoms with van der Waals surface area (Å²) in [5.74, 6) is -0.437. The largest absolute Gasteiger partial charge is 0.443 e. The van der Waals surface area contributed by atoms with Crippen LogP contribution in [-0.2, 0) is 14.2 Å². The van der Waals surface area contributed by atoms with Crippen LogP contribution in [0.15, 0.2) is 23.5 Å². The van der Waals surface area contributed by atoms with Crippen molar-refractivity contribution < 1.29 is 28.6 Å². The molecule has 0 aliphatic rings. The normalized spacial score (nSPS) is 12.9. The molecule has 0 unspecified atom stereocenters. The molecule has 0 saturated carbocycles. The second kappa shape index (κ2) is 8.62. The zero-order chi connectivity index (χ0) is 22.6. The number of carbonyl (C=O) groups is 3. The second-order valence-corrected chi connectivity index (χ2v) is 9.14. The van der Waals surface area contributed by atoms with Crippen LogP contribution in [0.2, 0.25) is 0 Å². The first kappa shape index (κ1) is 24.1. The molecule has 0 bridgehead atoms. The first-order chi connectivity index (χ1) is 13.0. The maximum atomic E-state index is 12.8. The summed E-state index contributed by atoms with van der Waals surface area (Å²) in [5.41, 5.74) is -2.67. The molecule has 162 valence electrons. The molecule has 10 heteroatoms. The predicted molar refractivity (Wildman–Crippen MR) is 106 cm³/mol. The molecular formula is C19H30N4O6. The van der Waals surface area contributed by atoms with Gasteiger partial charge in [0.2, 0.25) is 0 Å². The Morgan fingerprint density at radius 2 is 1.28 bits per heavy atom. The summed E-state index contributed by atoms with van der Waals surface area (Å²) in [6.45, 7) is 14.8. The van der Waals surface area contributed by atoms with E-state index in [1.165, 1.54) is 18.5 Å². The number of hydrogen-bond acceptors (Lipinski definition) is 7. The smallest absolute Gasteiger partial charge is 0.437 e. The number of imide groups is 1. The van der Waals surface area contributed by atoms with Gasteiger partial charge in [-0.1, -0.05) is 0 Å². The summed E-state index contributed by atoms with van der Waals surface area (Å²) < 4.78 is 16.9. The van der Waals surface area contributed by atoms with Crippen LogP contribution in [0.5, 0.6) is 0 Å². The summed E-state index contributed by atoms with van der Waals surface area (Å²) in [6, 6.07) is 1.53. The first-order valence-corrected chi connectivity index (χ1v) is 9.06. The lowest BCUT2D eigenvalue weighted by Gasteiger charge is -2.28. The molecule has 29 heavy (non-hydrogen) atoms. The Kier molecular flexibility index (Phi) is 7.18. The summed E-state index contributed by atoms with van der Waals surface area (Å²) in [5, 5.41) is 3.97. The Bertz CT molecular complexity index is 736. The fraction of sp³-hybridized carbons (Fsp3) is 0.632. The van der Waals surface area contributed by atoms with Gasteiger partial charge in [-0.2, -0.15) is 5.10 Å². The molecule has 0 fully saturated rings. The molecule has 0 N–H and O–H groups in total. The molecule has 0 aliphatic carbocycles. The van der Waals surface area contributed by atoms with Crippen molar-refractivity contribution in [1.82, 2.24) is 14.7 Å². The van der Waals surface area contributed by atoms with Crippen LogP contribution in [0.25, 0.3) is 0 Å². The molecule has 0 aromatic carbocycles. The van der Waals surface area contributed by atoms with Crippen molar-refractivity contribution >= 4 is 24.2 Å². The van der Waals surface area contributed by atoms with Crippen LogP contribution in [0, 0.1) is 0 Å². The first-order valence-electron chi connectivity index (χ1n) is 9.06. The molecule has 10 nitrogen and oxygen atoms in total. The molecule has 0 spiro atoms. The van der Waals surface area contributed by atoms with Crippen molar-refractivity contribution in [2.75, 3.05) is 0 Å². The van der Waals surface area contributed by atoms with Crippen LogP contribution in [0.3, 0.4) is 0 Å². The van der Waals surface area contributed by atoms with Gasteiger partial charge in [-0.25, -0.2) is 19.1 Å². The van der Waals surface area contributed by atoms with E-state index in [9.17, 15) is 14.4 Å². The van der Waals surface area contributed by atoms with E-state index in [0.717, 1.165) is 4.68 Å². The van der Waals surface area contributed by atoms with E-state index in [1.54, 1.807) is 62.3 Å². The average molecular weight is 410 g/mol. The van der Waals surface area contributed by atoms with Crippen molar-refractivity contribution in [3.8, 4) is 0 Å². The van der Waals surface area contributed by atoms with Crippen molar-refractivity contribution in [3.63, 3.8) is 0 Å². The summed E-state index contributed by atoms with van der Waals surface area (Å²) >= 11 is 0. The molecule has 3 amide bonds. The van der Waals surface area contributed by atoms with Crippen LogP contribution < -0.4 is 0 Å². The second-order valence-electron chi connectivity index (χ2n) is 9.14. The van der Waals surface area contributed by atoms with Gasteiger partial charge < -0.3 is 14.2 Å². The molecular weight excluding hydrogens is 380 g/mol. The van der Waals surface area contributed by atoms with E-state index in [4.69, 9.17) is 14.2 Å². The van der Waals surface area contributed by atoms with E-state index in [2.05, 4.69) is 10.1 Å². The highest BCUT2D eigenvalue weighted by Gasteiger charge is 2.37. The van der Waals surface area contributed by atoms with Gasteiger partial charge in [0.1, 0.15) is 16.8 Å². The highest BCUT2D eigenvalue weighted by Crippen LogP contribution is 2.16. The quantitative estimate of drug-likeness (QED) is 0.358. The Morgan fingerprint density at radius 3 is 1.62 bits per heavy atom. The van der Waals surface area contributed by atoms with E-state index < -0.39 is 41.0 Å². The van der Waals surface area contributed by atoms with Crippen LogP contribution in [0.4, 0.5) is 14.4 Å². The van der Waals surface area contributed by atoms with Crippen LogP contribution >= 0.6 is 0 Å². The zero-order valence-corrected chi connectivity index (χ0v) is 18.5. The lowest BCUT2D eigenvalue weighted by atomic mass is 10.2. The number of rotatable bonds is 0. The fourth-order valence-corrected chi connectivity index (χ4v) is 1.81. The van der Waals surface area contributed by atoms with Gasteiger partial charge in [0.15, 0.2) is 0 Å². The van der Waals surface area contributed by atoms with E-state index in [0.29, 0.717) is 4.90 Å². The van der Waals surface area contributed by atoms with Gasteiger partial charge in [-0.3, -0.25) is 0 Å². The van der Waals surface area contributed by atoms with Gasteiger partial charge >= 0.3 is 18.3 Å². The average Bonchev–Trinajstić information content (AvgIpc) is 2.93. The van der Waals surface area contributed by atoms with Gasteiger partial charge in [0, 0.05) is 12.4 Å². The number of nitrogens with zero attached hydrogens (tertiary/aromatic N) is 4. The highest BCUT2D eigenvalue weighted by molar-refractivity contribution is 6.10. The maximum absolute atomic E-state index is 12.8. The van der Waals surface area contributed by atoms with Crippen molar-refractivity contribution in [2.45, 2.75) is 79.1 Å². The standard InChI is InChI=1S/C19H30N4O6/c1-17(2,3)27-14(24)21-13(22-12-10-11-20-22)23(15(25)28-18(4,5)6)16(26)29-19(7,8)9/h10-12H,1-9H3/b21-13+. The third-order valence-electron chi connectivity index (χ3n) is 2.65. The Morgan fingerprint density at radius 1 is 0.828 bits per heavy atom. The zero-order valence-electron chi connectivity index (χ0n) is 18.5. The number of amides is 3. The fourth-order valence-electron chi connectivity index (χ4n) is 1.81. The van der Waals surface area contributed by atoms with Gasteiger partial charge in [-0.05, 0) is 68.4 Å². The topological polar surface area (TPSA) is 112 Å². The van der Waals surface area contributed by atoms with Crippen molar-refractivity contribution in [1.29, 1.82) is 0 Å². The third kappa shape index (κ3) is 8.75. The molecule has 0 aliphatic heterocycles. The monoisotopic (exact) mass is 410 g/mol. The Balaban J connectivity index is 3.48. The van der Waals surface area contributed by atoms with E-state index in [-0.39, 0.29) is 0 Å². The highest BCUT2D eigenvalue weighted by atomic mass is 16.6. The van der Waals surface area contributed by atoms with Gasteiger partial charge in [0.05, 0.1) is 0 Å². The molecule has 0 atom stereocenters. The lowest BCUT2D eigenvalue weighted by molar-refractivity contribution is 0.0140. The van der Waals surface area contributed by atoms with Crippen molar-refractivity contribution in [3.05, 3.63) is 18.5 Å². The minimum absolute atomic E-state index is 0.437. The van der Waals surface area contributed by atoms with Crippen LogP contribution in [-0.4, -0.2) is 55.7 Å². The maximum Gasteiger partial charge on any atom is 0.437 e. The summed E-state index contributed by atoms with van der Waals surface area (Å²) in [6.07, 6.45) is -0.369. The third-order valence-corrected chi connectivity index (χ3v) is 2.65. The van der Waals surface area contributed by atoms with Crippen molar-refractivity contribution in [2.24, 2.45) is 4.99 Å². The molecule has 1 aromatic heterocycles. The molecule has 1 aromatic rings. The molecule has 1 heterocycles. The molecule has 0 saturated heterocycles. The number of aliphatic imine (C=N–C) groups is 1. The molecule has 0 radical (unpaired) electrons. The Hall–Kier alpha value is -2.91. The minimum Gasteiger partial charge on any atom is -0.443 e. The predicted octanol–water partition coefficient (Wildman–Crippen LogP) is 4.19. The van der Waals surface area contributed by atoms with E-state index in [1.807, 2.05) is 0 Å². The summed E-state index contributed by atoms with van der Waals surface area (Å²) in [7, 11) is 0. The van der Waals surface area contributed by atoms with Gasteiger partial charge in [0.25, 0.3) is 5.96 Å². The lowest BCUT2D eigenvalue weighted by Crippen LogP contribution is -2.49. The number of hydrogen-bond donors (Lipinski definition) is 0. The minimum atomic E-state index is -1.08. The molecule has 1 rings (SSSR count). The number of aromatic nitrogens is 2. The Labute approximate surface area is 170 Å². The number of carbonyl (C=O) groups excluding carboxylic acids is 3.